The maximum absolute atomic E-state index is 4.39. The van der Waals surface area contributed by atoms with Crippen molar-refractivity contribution in [2.45, 2.75) is 64.5 Å². The highest BCUT2D eigenvalue weighted by Crippen LogP contribution is 2.18. The van der Waals surface area contributed by atoms with Crippen molar-refractivity contribution in [3.05, 3.63) is 18.2 Å². The van der Waals surface area contributed by atoms with Crippen LogP contribution in [0.1, 0.15) is 57.8 Å². The van der Waals surface area contributed by atoms with Gasteiger partial charge in [-0.25, -0.2) is 4.98 Å². The molecule has 0 spiro atoms. The van der Waals surface area contributed by atoms with E-state index in [2.05, 4.69) is 34.9 Å². The Morgan fingerprint density at radius 2 is 2.18 bits per heavy atom. The van der Waals surface area contributed by atoms with Crippen molar-refractivity contribution < 1.29 is 0 Å². The molecule has 0 amide bonds. The summed E-state index contributed by atoms with van der Waals surface area (Å²) in [7, 11) is 0. The molecular weight excluding hydrogens is 210 g/mol. The second-order valence-electron chi connectivity index (χ2n) is 5.20. The minimum Gasteiger partial charge on any atom is -0.331 e. The number of nitrogens with one attached hydrogen (secondary N) is 1. The fourth-order valence-electron chi connectivity index (χ4n) is 2.76. The number of hydrogen-bond donors (Lipinski definition) is 1. The minimum absolute atomic E-state index is 0.509. The average molecular weight is 235 g/mol. The molecule has 2 rings (SSSR count). The second kappa shape index (κ2) is 6.20. The topological polar surface area (TPSA) is 29.9 Å². The third-order valence-corrected chi connectivity index (χ3v) is 3.85. The highest BCUT2D eigenvalue weighted by Gasteiger charge is 2.15. The number of hydrogen-bond acceptors (Lipinski definition) is 2. The van der Waals surface area contributed by atoms with Gasteiger partial charge in [0.15, 0.2) is 0 Å². The third-order valence-electron chi connectivity index (χ3n) is 3.85. The van der Waals surface area contributed by atoms with E-state index >= 15 is 0 Å². The molecule has 3 nitrogen and oxygen atoms in total. The van der Waals surface area contributed by atoms with Crippen LogP contribution in [0.5, 0.6) is 0 Å². The molecule has 1 unspecified atom stereocenters. The summed E-state index contributed by atoms with van der Waals surface area (Å²) in [6.07, 6.45) is 12.0. The van der Waals surface area contributed by atoms with E-state index in [0.29, 0.717) is 6.04 Å². The molecule has 1 atom stereocenters. The van der Waals surface area contributed by atoms with Gasteiger partial charge in [0.25, 0.3) is 0 Å². The van der Waals surface area contributed by atoms with Crippen molar-refractivity contribution in [2.75, 3.05) is 6.54 Å². The average Bonchev–Trinajstić information content (AvgIpc) is 2.85. The van der Waals surface area contributed by atoms with Crippen LogP contribution < -0.4 is 5.32 Å². The molecule has 0 aromatic carbocycles. The van der Waals surface area contributed by atoms with Crippen molar-refractivity contribution in [2.24, 2.45) is 0 Å². The fraction of sp³-hybridized carbons (Fsp3) is 0.786. The first-order valence-electron chi connectivity index (χ1n) is 7.06. The van der Waals surface area contributed by atoms with Crippen LogP contribution in [0.4, 0.5) is 0 Å². The van der Waals surface area contributed by atoms with Crippen LogP contribution in [0.2, 0.25) is 0 Å². The van der Waals surface area contributed by atoms with Gasteiger partial charge in [0, 0.05) is 37.4 Å². The molecule has 3 heteroatoms. The van der Waals surface area contributed by atoms with Gasteiger partial charge in [-0.15, -0.1) is 0 Å². The number of nitrogens with zero attached hydrogens (tertiary/aromatic N) is 2. The Hall–Kier alpha value is -0.830. The summed E-state index contributed by atoms with van der Waals surface area (Å²) >= 11 is 0. The molecule has 96 valence electrons. The van der Waals surface area contributed by atoms with Gasteiger partial charge in [0.1, 0.15) is 5.82 Å². The van der Waals surface area contributed by atoms with E-state index < -0.39 is 0 Å². The Labute approximate surface area is 105 Å². The highest BCUT2D eigenvalue weighted by atomic mass is 15.1. The maximum Gasteiger partial charge on any atom is 0.108 e. The molecular formula is C14H25N3. The summed E-state index contributed by atoms with van der Waals surface area (Å²) in [4.78, 5) is 4.39. The van der Waals surface area contributed by atoms with Crippen molar-refractivity contribution in [1.29, 1.82) is 0 Å². The van der Waals surface area contributed by atoms with Gasteiger partial charge in [0.05, 0.1) is 0 Å². The maximum atomic E-state index is 4.39. The monoisotopic (exact) mass is 235 g/mol. The first-order valence-corrected chi connectivity index (χ1v) is 7.06. The summed E-state index contributed by atoms with van der Waals surface area (Å²) in [5.74, 6) is 1.20. The lowest BCUT2D eigenvalue weighted by atomic mass is 9.95. The van der Waals surface area contributed by atoms with E-state index in [4.69, 9.17) is 0 Å². The molecule has 1 fully saturated rings. The predicted octanol–water partition coefficient (Wildman–Crippen LogP) is 2.93. The zero-order chi connectivity index (χ0) is 12.1. The molecule has 1 aliphatic carbocycles. The molecule has 0 aliphatic heterocycles. The van der Waals surface area contributed by atoms with Gasteiger partial charge >= 0.3 is 0 Å². The zero-order valence-electron chi connectivity index (χ0n) is 11.2. The van der Waals surface area contributed by atoms with E-state index in [0.717, 1.165) is 19.0 Å². The van der Waals surface area contributed by atoms with Crippen LogP contribution in [0, 0.1) is 0 Å². The number of rotatable bonds is 5. The molecule has 1 N–H and O–H groups in total. The molecule has 1 aromatic heterocycles. The molecule has 17 heavy (non-hydrogen) atoms. The zero-order valence-corrected chi connectivity index (χ0v) is 11.2. The van der Waals surface area contributed by atoms with Gasteiger partial charge in [0.2, 0.25) is 0 Å². The van der Waals surface area contributed by atoms with Gasteiger partial charge in [-0.05, 0) is 19.8 Å². The molecule has 0 saturated heterocycles. The van der Waals surface area contributed by atoms with E-state index in [9.17, 15) is 0 Å². The fourth-order valence-corrected chi connectivity index (χ4v) is 2.76. The van der Waals surface area contributed by atoms with Crippen molar-refractivity contribution in [1.82, 2.24) is 14.9 Å². The van der Waals surface area contributed by atoms with Crippen molar-refractivity contribution in [3.63, 3.8) is 0 Å². The molecule has 1 saturated carbocycles. The SMILES string of the molecule is CCc1nccn1C(C)CNC1CCCCC1. The highest BCUT2D eigenvalue weighted by molar-refractivity contribution is 4.94. The van der Waals surface area contributed by atoms with Crippen LogP contribution in [0.25, 0.3) is 0 Å². The molecule has 0 radical (unpaired) electrons. The van der Waals surface area contributed by atoms with Gasteiger partial charge in [-0.2, -0.15) is 0 Å². The van der Waals surface area contributed by atoms with Crippen molar-refractivity contribution >= 4 is 0 Å². The molecule has 1 aliphatic rings. The Kier molecular flexibility index (Phi) is 4.60. The summed E-state index contributed by atoms with van der Waals surface area (Å²) in [6.45, 7) is 5.50. The van der Waals surface area contributed by atoms with Gasteiger partial charge in [-0.3, -0.25) is 0 Å². The lowest BCUT2D eigenvalue weighted by molar-refractivity contribution is 0.349. The largest absolute Gasteiger partial charge is 0.331 e. The summed E-state index contributed by atoms with van der Waals surface area (Å²) < 4.78 is 2.30. The Bertz CT molecular complexity index is 326. The quantitative estimate of drug-likeness (QED) is 0.850. The minimum atomic E-state index is 0.509. The van der Waals surface area contributed by atoms with E-state index in [1.165, 1.54) is 37.9 Å². The van der Waals surface area contributed by atoms with E-state index in [-0.39, 0.29) is 0 Å². The first kappa shape index (κ1) is 12.6. The van der Waals surface area contributed by atoms with Gasteiger partial charge < -0.3 is 9.88 Å². The van der Waals surface area contributed by atoms with Crippen LogP contribution in [0.15, 0.2) is 12.4 Å². The van der Waals surface area contributed by atoms with E-state index in [1.807, 2.05) is 6.20 Å². The molecule has 1 aromatic rings. The Morgan fingerprint density at radius 1 is 1.41 bits per heavy atom. The van der Waals surface area contributed by atoms with Gasteiger partial charge in [-0.1, -0.05) is 26.2 Å². The lowest BCUT2D eigenvalue weighted by Gasteiger charge is -2.25. The number of aryl methyl sites for hydroxylation is 1. The Balaban J connectivity index is 1.82. The molecule has 1 heterocycles. The lowest BCUT2D eigenvalue weighted by Crippen LogP contribution is -2.35. The van der Waals surface area contributed by atoms with Crippen LogP contribution >= 0.6 is 0 Å². The summed E-state index contributed by atoms with van der Waals surface area (Å²) in [5.41, 5.74) is 0. The summed E-state index contributed by atoms with van der Waals surface area (Å²) in [5, 5.41) is 3.71. The van der Waals surface area contributed by atoms with Crippen molar-refractivity contribution in [3.8, 4) is 0 Å². The first-order chi connectivity index (χ1) is 8.31. The van der Waals surface area contributed by atoms with Crippen LogP contribution in [-0.2, 0) is 6.42 Å². The summed E-state index contributed by atoms with van der Waals surface area (Å²) in [6, 6.07) is 1.26. The van der Waals surface area contributed by atoms with Crippen LogP contribution in [0.3, 0.4) is 0 Å². The normalized spacial score (nSPS) is 19.4. The Morgan fingerprint density at radius 3 is 2.88 bits per heavy atom. The third kappa shape index (κ3) is 3.32. The van der Waals surface area contributed by atoms with E-state index in [1.54, 1.807) is 0 Å². The van der Waals surface area contributed by atoms with Crippen LogP contribution in [-0.4, -0.2) is 22.1 Å². The molecule has 0 bridgehead atoms. The standard InChI is InChI=1S/C14H25N3/c1-3-14-15-9-10-17(14)12(2)11-16-13-7-5-4-6-8-13/h9-10,12-13,16H,3-8,11H2,1-2H3. The number of imidazole rings is 1. The predicted molar refractivity (Wildman–Crippen MR) is 71.2 cm³/mol. The number of aromatic nitrogens is 2. The second-order valence-corrected chi connectivity index (χ2v) is 5.20. The smallest absolute Gasteiger partial charge is 0.108 e.